The van der Waals surface area contributed by atoms with Crippen LogP contribution >= 0.6 is 0 Å². The molecule has 4 heteroatoms. The number of rotatable bonds is 3. The number of carbonyl (C=O) groups is 1. The van der Waals surface area contributed by atoms with Gasteiger partial charge in [0.25, 0.3) is 0 Å². The third kappa shape index (κ3) is 3.47. The largest absolute Gasteiger partial charge is 0.508 e. The molecule has 1 aliphatic rings. The molecule has 1 atom stereocenters. The number of phenolic OH excluding ortho intramolecular Hbond substituents is 1. The van der Waals surface area contributed by atoms with Crippen molar-refractivity contribution in [3.05, 3.63) is 23.8 Å². The predicted molar refractivity (Wildman–Crippen MR) is 73.2 cm³/mol. The molecule has 4 nitrogen and oxygen atoms in total. The average Bonchev–Trinajstić information content (AvgIpc) is 2.41. The van der Waals surface area contributed by atoms with Gasteiger partial charge in [-0.15, -0.1) is 0 Å². The lowest BCUT2D eigenvalue weighted by Crippen LogP contribution is -2.30. The van der Waals surface area contributed by atoms with Crippen molar-refractivity contribution >= 4 is 5.97 Å². The molecule has 2 rings (SSSR count). The fourth-order valence-electron chi connectivity index (χ4n) is 2.55. The Kier molecular flexibility index (Phi) is 4.43. The molecule has 0 amide bonds. The van der Waals surface area contributed by atoms with Crippen molar-refractivity contribution in [1.29, 1.82) is 0 Å². The van der Waals surface area contributed by atoms with Crippen LogP contribution in [0.2, 0.25) is 0 Å². The second kappa shape index (κ2) is 6.06. The highest BCUT2D eigenvalue weighted by Crippen LogP contribution is 2.38. The SMILES string of the molecule is C[C@H](N)C(=O)Oc1ccc(O)c(C2CCCCC2)c1. The highest BCUT2D eigenvalue weighted by molar-refractivity contribution is 5.77. The van der Waals surface area contributed by atoms with Gasteiger partial charge in [0.2, 0.25) is 0 Å². The zero-order chi connectivity index (χ0) is 13.8. The van der Waals surface area contributed by atoms with Crippen LogP contribution < -0.4 is 10.5 Å². The fraction of sp³-hybridized carbons (Fsp3) is 0.533. The lowest BCUT2D eigenvalue weighted by Gasteiger charge is -2.23. The molecule has 1 aliphatic carbocycles. The first kappa shape index (κ1) is 13.9. The van der Waals surface area contributed by atoms with E-state index in [9.17, 15) is 9.90 Å². The van der Waals surface area contributed by atoms with Gasteiger partial charge in [0.1, 0.15) is 17.5 Å². The highest BCUT2D eigenvalue weighted by atomic mass is 16.5. The summed E-state index contributed by atoms with van der Waals surface area (Å²) in [7, 11) is 0. The van der Waals surface area contributed by atoms with Gasteiger partial charge in [0, 0.05) is 5.56 Å². The zero-order valence-electron chi connectivity index (χ0n) is 11.3. The number of ether oxygens (including phenoxy) is 1. The Morgan fingerprint density at radius 3 is 2.68 bits per heavy atom. The van der Waals surface area contributed by atoms with E-state index in [2.05, 4.69) is 0 Å². The molecule has 0 saturated heterocycles. The topological polar surface area (TPSA) is 72.6 Å². The van der Waals surface area contributed by atoms with Gasteiger partial charge in [0.05, 0.1) is 0 Å². The van der Waals surface area contributed by atoms with E-state index < -0.39 is 12.0 Å². The Balaban J connectivity index is 2.16. The van der Waals surface area contributed by atoms with Gasteiger partial charge in [-0.3, -0.25) is 0 Å². The standard InChI is InChI=1S/C15H21NO3/c1-10(16)15(18)19-12-7-8-14(17)13(9-12)11-5-3-2-4-6-11/h7-11,17H,2-6,16H2,1H3/t10-/m0/s1. The first-order valence-electron chi connectivity index (χ1n) is 6.88. The average molecular weight is 263 g/mol. The lowest BCUT2D eigenvalue weighted by molar-refractivity contribution is -0.135. The second-order valence-corrected chi connectivity index (χ2v) is 5.27. The van der Waals surface area contributed by atoms with Crippen LogP contribution in [0.5, 0.6) is 11.5 Å². The van der Waals surface area contributed by atoms with Crippen molar-refractivity contribution in [3.63, 3.8) is 0 Å². The van der Waals surface area contributed by atoms with Crippen LogP contribution in [-0.2, 0) is 4.79 Å². The van der Waals surface area contributed by atoms with Crippen LogP contribution in [0, 0.1) is 0 Å². The third-order valence-corrected chi connectivity index (χ3v) is 3.63. The molecule has 0 aromatic heterocycles. The molecule has 0 unspecified atom stereocenters. The summed E-state index contributed by atoms with van der Waals surface area (Å²) in [5, 5.41) is 9.97. The highest BCUT2D eigenvalue weighted by Gasteiger charge is 2.20. The van der Waals surface area contributed by atoms with Crippen molar-refractivity contribution in [2.45, 2.75) is 51.0 Å². The summed E-state index contributed by atoms with van der Waals surface area (Å²) in [6.07, 6.45) is 5.80. The van der Waals surface area contributed by atoms with Crippen LogP contribution in [0.25, 0.3) is 0 Å². The van der Waals surface area contributed by atoms with Crippen LogP contribution in [0.4, 0.5) is 0 Å². The van der Waals surface area contributed by atoms with Crippen LogP contribution in [-0.4, -0.2) is 17.1 Å². The molecule has 19 heavy (non-hydrogen) atoms. The second-order valence-electron chi connectivity index (χ2n) is 5.27. The zero-order valence-corrected chi connectivity index (χ0v) is 11.3. The van der Waals surface area contributed by atoms with E-state index in [-0.39, 0.29) is 5.75 Å². The molecule has 0 radical (unpaired) electrons. The minimum atomic E-state index is -0.646. The Morgan fingerprint density at radius 1 is 1.37 bits per heavy atom. The monoisotopic (exact) mass is 263 g/mol. The molecule has 104 valence electrons. The Labute approximate surface area is 113 Å². The van der Waals surface area contributed by atoms with Gasteiger partial charge in [-0.05, 0) is 43.9 Å². The minimum Gasteiger partial charge on any atom is -0.508 e. The fourth-order valence-corrected chi connectivity index (χ4v) is 2.55. The Morgan fingerprint density at radius 2 is 2.05 bits per heavy atom. The number of benzene rings is 1. The summed E-state index contributed by atoms with van der Waals surface area (Å²) in [5.74, 6) is 0.649. The molecule has 1 aromatic rings. The van der Waals surface area contributed by atoms with E-state index in [1.54, 1.807) is 25.1 Å². The Hall–Kier alpha value is -1.55. The first-order chi connectivity index (χ1) is 9.08. The minimum absolute atomic E-state index is 0.285. The molecule has 1 aromatic carbocycles. The van der Waals surface area contributed by atoms with Gasteiger partial charge in [-0.1, -0.05) is 19.3 Å². The molecule has 1 fully saturated rings. The van der Waals surface area contributed by atoms with E-state index in [0.717, 1.165) is 18.4 Å². The van der Waals surface area contributed by atoms with E-state index in [0.29, 0.717) is 11.7 Å². The van der Waals surface area contributed by atoms with Crippen LogP contribution in [0.3, 0.4) is 0 Å². The normalized spacial score (nSPS) is 18.0. The third-order valence-electron chi connectivity index (χ3n) is 3.63. The summed E-state index contributed by atoms with van der Waals surface area (Å²) >= 11 is 0. The predicted octanol–water partition coefficient (Wildman–Crippen LogP) is 2.69. The van der Waals surface area contributed by atoms with Gasteiger partial charge in [0.15, 0.2) is 0 Å². The van der Waals surface area contributed by atoms with Gasteiger partial charge >= 0.3 is 5.97 Å². The van der Waals surface area contributed by atoms with Crippen molar-refractivity contribution in [1.82, 2.24) is 0 Å². The molecule has 0 aliphatic heterocycles. The number of phenols is 1. The van der Waals surface area contributed by atoms with Crippen LogP contribution in [0.15, 0.2) is 18.2 Å². The number of hydrogen-bond donors (Lipinski definition) is 2. The lowest BCUT2D eigenvalue weighted by atomic mass is 9.83. The Bertz CT molecular complexity index is 451. The molecule has 0 heterocycles. The summed E-state index contributed by atoms with van der Waals surface area (Å²) in [6, 6.07) is 4.31. The van der Waals surface area contributed by atoms with E-state index in [1.807, 2.05) is 0 Å². The first-order valence-corrected chi connectivity index (χ1v) is 6.88. The summed E-state index contributed by atoms with van der Waals surface area (Å²) in [4.78, 5) is 11.5. The molecule has 3 N–H and O–H groups in total. The van der Waals surface area contributed by atoms with Crippen LogP contribution in [0.1, 0.15) is 50.5 Å². The quantitative estimate of drug-likeness (QED) is 0.649. The number of nitrogens with two attached hydrogens (primary N) is 1. The van der Waals surface area contributed by atoms with Crippen molar-refractivity contribution in [3.8, 4) is 11.5 Å². The maximum Gasteiger partial charge on any atom is 0.328 e. The molecule has 0 spiro atoms. The molecule has 0 bridgehead atoms. The van der Waals surface area contributed by atoms with E-state index >= 15 is 0 Å². The van der Waals surface area contributed by atoms with Gasteiger partial charge < -0.3 is 15.6 Å². The number of esters is 1. The van der Waals surface area contributed by atoms with Crippen molar-refractivity contribution in [2.24, 2.45) is 5.73 Å². The summed E-state index contributed by atoms with van der Waals surface area (Å²) in [5.41, 5.74) is 6.35. The maximum atomic E-state index is 11.5. The van der Waals surface area contributed by atoms with Crippen molar-refractivity contribution in [2.75, 3.05) is 0 Å². The number of aromatic hydroxyl groups is 1. The maximum absolute atomic E-state index is 11.5. The molecule has 1 saturated carbocycles. The van der Waals surface area contributed by atoms with E-state index in [1.165, 1.54) is 19.3 Å². The molecular weight excluding hydrogens is 242 g/mol. The summed E-state index contributed by atoms with van der Waals surface area (Å²) < 4.78 is 5.19. The number of carbonyl (C=O) groups excluding carboxylic acids is 1. The molecular formula is C15H21NO3. The smallest absolute Gasteiger partial charge is 0.328 e. The summed E-state index contributed by atoms with van der Waals surface area (Å²) in [6.45, 7) is 1.59. The van der Waals surface area contributed by atoms with Crippen molar-refractivity contribution < 1.29 is 14.6 Å². The van der Waals surface area contributed by atoms with E-state index in [4.69, 9.17) is 10.5 Å². The number of hydrogen-bond acceptors (Lipinski definition) is 4. The van der Waals surface area contributed by atoms with Gasteiger partial charge in [-0.25, -0.2) is 4.79 Å². The van der Waals surface area contributed by atoms with Gasteiger partial charge in [-0.2, -0.15) is 0 Å².